The lowest BCUT2D eigenvalue weighted by atomic mass is 9.90. The highest BCUT2D eigenvalue weighted by atomic mass is 16.4. The molecule has 20 heavy (non-hydrogen) atoms. The summed E-state index contributed by atoms with van der Waals surface area (Å²) in [6.07, 6.45) is 4.41. The fraction of sp³-hybridized carbons (Fsp3) is 0.667. The molecular weight excluding hydrogens is 258 g/mol. The molecule has 2 amide bonds. The number of fused-ring (bicyclic) bond motifs is 1. The molecule has 1 saturated carbocycles. The number of imide groups is 1. The second-order valence-corrected chi connectivity index (χ2v) is 6.64. The van der Waals surface area contributed by atoms with Crippen LogP contribution in [0, 0.1) is 23.2 Å². The number of carbonyl (C=O) groups excluding carboxylic acids is 2. The van der Waals surface area contributed by atoms with Crippen LogP contribution in [0.5, 0.6) is 0 Å². The van der Waals surface area contributed by atoms with Crippen LogP contribution >= 0.6 is 0 Å². The Bertz CT molecular complexity index is 534. The molecule has 1 N–H and O–H groups in total. The maximum atomic E-state index is 12.3. The third-order valence-electron chi connectivity index (χ3n) is 5.19. The highest BCUT2D eigenvalue weighted by molar-refractivity contribution is 6.15. The highest BCUT2D eigenvalue weighted by Crippen LogP contribution is 2.59. The SMILES string of the molecule is CC1(C)C(CN2C(=O)C3=CCCCC3C2=O)C1C(=O)O. The van der Waals surface area contributed by atoms with Gasteiger partial charge in [-0.2, -0.15) is 0 Å². The van der Waals surface area contributed by atoms with E-state index in [9.17, 15) is 19.5 Å². The van der Waals surface area contributed by atoms with E-state index in [-0.39, 0.29) is 35.6 Å². The lowest BCUT2D eigenvalue weighted by Gasteiger charge is -2.15. The van der Waals surface area contributed by atoms with Crippen molar-refractivity contribution in [2.45, 2.75) is 33.1 Å². The largest absolute Gasteiger partial charge is 0.481 e. The molecule has 3 aliphatic rings. The number of allylic oxidation sites excluding steroid dienone is 1. The molecule has 2 aliphatic carbocycles. The zero-order valence-corrected chi connectivity index (χ0v) is 11.8. The number of likely N-dealkylation sites (tertiary alicyclic amines) is 1. The van der Waals surface area contributed by atoms with Gasteiger partial charge < -0.3 is 5.11 Å². The molecule has 0 aromatic carbocycles. The van der Waals surface area contributed by atoms with E-state index in [1.54, 1.807) is 0 Å². The molecule has 3 unspecified atom stereocenters. The Kier molecular flexibility index (Phi) is 2.78. The second-order valence-electron chi connectivity index (χ2n) is 6.64. The van der Waals surface area contributed by atoms with Crippen molar-refractivity contribution in [3.05, 3.63) is 11.6 Å². The van der Waals surface area contributed by atoms with Gasteiger partial charge in [0.25, 0.3) is 5.91 Å². The molecule has 108 valence electrons. The summed E-state index contributed by atoms with van der Waals surface area (Å²) in [5.74, 6) is -2.04. The van der Waals surface area contributed by atoms with Gasteiger partial charge in [0.2, 0.25) is 5.91 Å². The number of aliphatic carboxylic acids is 1. The summed E-state index contributed by atoms with van der Waals surface area (Å²) < 4.78 is 0. The van der Waals surface area contributed by atoms with Gasteiger partial charge in [-0.15, -0.1) is 0 Å². The van der Waals surface area contributed by atoms with Crippen molar-refractivity contribution < 1.29 is 19.5 Å². The zero-order chi connectivity index (χ0) is 14.7. The van der Waals surface area contributed by atoms with Gasteiger partial charge in [0, 0.05) is 12.1 Å². The summed E-state index contributed by atoms with van der Waals surface area (Å²) in [4.78, 5) is 37.1. The Labute approximate surface area is 117 Å². The molecule has 3 atom stereocenters. The molecule has 0 aromatic heterocycles. The van der Waals surface area contributed by atoms with Crippen LogP contribution in [-0.2, 0) is 14.4 Å². The molecule has 0 spiro atoms. The van der Waals surface area contributed by atoms with E-state index in [1.165, 1.54) is 4.90 Å². The zero-order valence-electron chi connectivity index (χ0n) is 11.8. The Morgan fingerprint density at radius 2 is 2.15 bits per heavy atom. The van der Waals surface area contributed by atoms with Crippen LogP contribution in [0.1, 0.15) is 33.1 Å². The van der Waals surface area contributed by atoms with E-state index in [4.69, 9.17) is 0 Å². The quantitative estimate of drug-likeness (QED) is 0.792. The van der Waals surface area contributed by atoms with Crippen LogP contribution in [0.4, 0.5) is 0 Å². The van der Waals surface area contributed by atoms with Crippen molar-refractivity contribution in [2.24, 2.45) is 23.2 Å². The van der Waals surface area contributed by atoms with Crippen molar-refractivity contribution in [3.8, 4) is 0 Å². The fourth-order valence-corrected chi connectivity index (χ4v) is 3.76. The smallest absolute Gasteiger partial charge is 0.307 e. The van der Waals surface area contributed by atoms with E-state index in [0.29, 0.717) is 5.57 Å². The minimum Gasteiger partial charge on any atom is -0.481 e. The van der Waals surface area contributed by atoms with Crippen LogP contribution in [0.25, 0.3) is 0 Å². The van der Waals surface area contributed by atoms with Gasteiger partial charge in [0.05, 0.1) is 11.8 Å². The van der Waals surface area contributed by atoms with Crippen LogP contribution in [0.15, 0.2) is 11.6 Å². The van der Waals surface area contributed by atoms with Crippen LogP contribution in [0.2, 0.25) is 0 Å². The highest BCUT2D eigenvalue weighted by Gasteiger charge is 2.63. The molecule has 5 heteroatoms. The van der Waals surface area contributed by atoms with Gasteiger partial charge >= 0.3 is 5.97 Å². The van der Waals surface area contributed by atoms with Crippen LogP contribution < -0.4 is 0 Å². The van der Waals surface area contributed by atoms with Gasteiger partial charge in [-0.05, 0) is 30.6 Å². The van der Waals surface area contributed by atoms with Crippen LogP contribution in [-0.4, -0.2) is 34.3 Å². The first-order chi connectivity index (χ1) is 9.35. The summed E-state index contributed by atoms with van der Waals surface area (Å²) in [5.41, 5.74) is 0.292. The first-order valence-electron chi connectivity index (χ1n) is 7.14. The van der Waals surface area contributed by atoms with Crippen LogP contribution in [0.3, 0.4) is 0 Å². The van der Waals surface area contributed by atoms with Gasteiger partial charge in [0.1, 0.15) is 0 Å². The van der Waals surface area contributed by atoms with Crippen molar-refractivity contribution in [2.75, 3.05) is 6.54 Å². The van der Waals surface area contributed by atoms with Gasteiger partial charge in [0.15, 0.2) is 0 Å². The summed E-state index contributed by atoms with van der Waals surface area (Å²) in [6.45, 7) is 4.01. The standard InChI is InChI=1S/C15H19NO4/c1-15(2)10(11(15)14(19)20)7-16-12(17)8-5-3-4-6-9(8)13(16)18/h5,9-11H,3-4,6-7H2,1-2H3,(H,19,20). The molecule has 5 nitrogen and oxygen atoms in total. The number of amides is 2. The molecule has 3 rings (SSSR count). The normalized spacial score (nSPS) is 34.8. The molecule has 0 aromatic rings. The number of hydrogen-bond donors (Lipinski definition) is 1. The lowest BCUT2D eigenvalue weighted by Crippen LogP contribution is -2.33. The third kappa shape index (κ3) is 1.72. The van der Waals surface area contributed by atoms with Gasteiger partial charge in [-0.3, -0.25) is 19.3 Å². The van der Waals surface area contributed by atoms with Crippen molar-refractivity contribution >= 4 is 17.8 Å². The minimum absolute atomic E-state index is 0.131. The average molecular weight is 277 g/mol. The number of rotatable bonds is 3. The topological polar surface area (TPSA) is 74.7 Å². The summed E-state index contributed by atoms with van der Waals surface area (Å²) in [5, 5.41) is 9.17. The Hall–Kier alpha value is -1.65. The van der Waals surface area contributed by atoms with Crippen molar-refractivity contribution in [1.82, 2.24) is 4.90 Å². The van der Waals surface area contributed by atoms with Crippen molar-refractivity contribution in [3.63, 3.8) is 0 Å². The molecule has 0 radical (unpaired) electrons. The van der Waals surface area contributed by atoms with E-state index < -0.39 is 11.9 Å². The number of carboxylic acids is 1. The minimum atomic E-state index is -0.837. The first-order valence-corrected chi connectivity index (χ1v) is 7.14. The maximum absolute atomic E-state index is 12.3. The Morgan fingerprint density at radius 3 is 2.70 bits per heavy atom. The summed E-state index contributed by atoms with van der Waals surface area (Å²) >= 11 is 0. The monoisotopic (exact) mass is 277 g/mol. The average Bonchev–Trinajstić information content (AvgIpc) is 2.86. The lowest BCUT2D eigenvalue weighted by molar-refractivity contribution is -0.142. The molecule has 1 aliphatic heterocycles. The number of carboxylic acid groups (broad SMARTS) is 1. The fourth-order valence-electron chi connectivity index (χ4n) is 3.76. The van der Waals surface area contributed by atoms with Gasteiger partial charge in [-0.1, -0.05) is 19.9 Å². The Morgan fingerprint density at radius 1 is 1.45 bits per heavy atom. The first kappa shape index (κ1) is 13.3. The molecule has 0 bridgehead atoms. The molecule has 2 fully saturated rings. The summed E-state index contributed by atoms with van der Waals surface area (Å²) in [7, 11) is 0. The number of carbonyl (C=O) groups is 3. The van der Waals surface area contributed by atoms with Gasteiger partial charge in [-0.25, -0.2) is 0 Å². The maximum Gasteiger partial charge on any atom is 0.307 e. The number of hydrogen-bond acceptors (Lipinski definition) is 3. The molecule has 1 saturated heterocycles. The van der Waals surface area contributed by atoms with Crippen molar-refractivity contribution in [1.29, 1.82) is 0 Å². The van der Waals surface area contributed by atoms with E-state index >= 15 is 0 Å². The predicted octanol–water partition coefficient (Wildman–Crippen LogP) is 1.44. The Balaban J connectivity index is 1.78. The van der Waals surface area contributed by atoms with E-state index in [1.807, 2.05) is 19.9 Å². The third-order valence-corrected chi connectivity index (χ3v) is 5.19. The summed E-state index contributed by atoms with van der Waals surface area (Å²) in [6, 6.07) is 0. The number of nitrogens with zero attached hydrogens (tertiary/aromatic N) is 1. The molecular formula is C15H19NO4. The molecule has 1 heterocycles. The second kappa shape index (κ2) is 4.17. The van der Waals surface area contributed by atoms with E-state index in [2.05, 4.69) is 0 Å². The predicted molar refractivity (Wildman–Crippen MR) is 70.5 cm³/mol. The van der Waals surface area contributed by atoms with E-state index in [0.717, 1.165) is 19.3 Å².